The van der Waals surface area contributed by atoms with Crippen LogP contribution in [0, 0.1) is 6.92 Å². The molecule has 1 aromatic heterocycles. The van der Waals surface area contributed by atoms with E-state index < -0.39 is 5.54 Å². The summed E-state index contributed by atoms with van der Waals surface area (Å²) in [5.74, 6) is -0.160. The van der Waals surface area contributed by atoms with Crippen LogP contribution in [0.5, 0.6) is 0 Å². The van der Waals surface area contributed by atoms with Crippen molar-refractivity contribution in [1.29, 1.82) is 0 Å². The molecule has 1 heterocycles. The molecule has 1 amide bonds. The Morgan fingerprint density at radius 3 is 2.55 bits per heavy atom. The monoisotopic (exact) mass is 272 g/mol. The summed E-state index contributed by atoms with van der Waals surface area (Å²) in [5.41, 5.74) is 7.54. The molecule has 5 heteroatoms. The molecule has 0 aliphatic heterocycles. The maximum Gasteiger partial charge on any atom is 0.255 e. The predicted molar refractivity (Wildman–Crippen MR) is 78.3 cm³/mol. The lowest BCUT2D eigenvalue weighted by Crippen LogP contribution is -2.48. The maximum atomic E-state index is 12.4. The first-order chi connectivity index (χ1) is 9.46. The van der Waals surface area contributed by atoms with Crippen LogP contribution in [0.1, 0.15) is 28.5 Å². The Morgan fingerprint density at radius 2 is 2.05 bits per heavy atom. The summed E-state index contributed by atoms with van der Waals surface area (Å²) in [7, 11) is 1.79. The molecular weight excluding hydrogens is 252 g/mol. The summed E-state index contributed by atoms with van der Waals surface area (Å²) in [6.07, 6.45) is 1.71. The summed E-state index contributed by atoms with van der Waals surface area (Å²) in [4.78, 5) is 12.4. The van der Waals surface area contributed by atoms with Crippen molar-refractivity contribution >= 4 is 5.91 Å². The lowest BCUT2D eigenvalue weighted by molar-refractivity contribution is 0.0907. The van der Waals surface area contributed by atoms with Crippen molar-refractivity contribution in [3.8, 4) is 0 Å². The van der Waals surface area contributed by atoms with Gasteiger partial charge in [-0.25, -0.2) is 0 Å². The largest absolute Gasteiger partial charge is 0.341 e. The summed E-state index contributed by atoms with van der Waals surface area (Å²) < 4.78 is 1.63. The van der Waals surface area contributed by atoms with Crippen molar-refractivity contribution in [2.24, 2.45) is 12.8 Å². The molecule has 0 fully saturated rings. The fourth-order valence-corrected chi connectivity index (χ4v) is 2.19. The number of aryl methyl sites for hydroxylation is 2. The molecule has 0 saturated carbocycles. The van der Waals surface area contributed by atoms with Crippen LogP contribution in [0.2, 0.25) is 0 Å². The van der Waals surface area contributed by atoms with Crippen molar-refractivity contribution in [1.82, 2.24) is 15.1 Å². The van der Waals surface area contributed by atoms with E-state index in [0.717, 1.165) is 5.56 Å². The number of nitrogens with zero attached hydrogens (tertiary/aromatic N) is 2. The first kappa shape index (κ1) is 14.3. The van der Waals surface area contributed by atoms with E-state index in [1.54, 1.807) is 17.9 Å². The van der Waals surface area contributed by atoms with E-state index in [4.69, 9.17) is 5.73 Å². The lowest BCUT2D eigenvalue weighted by atomic mass is 9.91. The number of rotatable bonds is 4. The Bertz CT molecular complexity index is 606. The van der Waals surface area contributed by atoms with Crippen molar-refractivity contribution in [3.05, 3.63) is 53.3 Å². The smallest absolute Gasteiger partial charge is 0.255 e. The molecule has 20 heavy (non-hydrogen) atoms. The van der Waals surface area contributed by atoms with Gasteiger partial charge in [0.25, 0.3) is 5.91 Å². The molecule has 0 saturated heterocycles. The Balaban J connectivity index is 2.26. The molecule has 2 rings (SSSR count). The highest BCUT2D eigenvalue weighted by Gasteiger charge is 2.28. The summed E-state index contributed by atoms with van der Waals surface area (Å²) in [6.45, 7) is 4.06. The average molecular weight is 272 g/mol. The Labute approximate surface area is 118 Å². The molecule has 0 bridgehead atoms. The van der Waals surface area contributed by atoms with Crippen LogP contribution in [0.3, 0.4) is 0 Å². The van der Waals surface area contributed by atoms with Crippen LogP contribution >= 0.6 is 0 Å². The number of carbonyl (C=O) groups excluding carboxylic acids is 1. The molecule has 0 aliphatic rings. The lowest BCUT2D eigenvalue weighted by Gasteiger charge is -2.30. The van der Waals surface area contributed by atoms with Gasteiger partial charge >= 0.3 is 0 Å². The van der Waals surface area contributed by atoms with E-state index >= 15 is 0 Å². The number of nitrogens with two attached hydrogens (primary N) is 1. The number of nitrogens with one attached hydrogen (secondary N) is 1. The van der Waals surface area contributed by atoms with Crippen LogP contribution in [-0.4, -0.2) is 22.2 Å². The second-order valence-electron chi connectivity index (χ2n) is 5.16. The van der Waals surface area contributed by atoms with Gasteiger partial charge in [-0.15, -0.1) is 0 Å². The zero-order chi connectivity index (χ0) is 14.8. The van der Waals surface area contributed by atoms with E-state index in [1.807, 2.05) is 44.2 Å². The molecule has 1 unspecified atom stereocenters. The molecular formula is C15H20N4O. The van der Waals surface area contributed by atoms with E-state index in [1.165, 1.54) is 0 Å². The highest BCUT2D eigenvalue weighted by Crippen LogP contribution is 2.20. The van der Waals surface area contributed by atoms with Gasteiger partial charge in [0.2, 0.25) is 0 Å². The zero-order valence-corrected chi connectivity index (χ0v) is 12.1. The molecule has 2 aromatic rings. The summed E-state index contributed by atoms with van der Waals surface area (Å²) >= 11 is 0. The van der Waals surface area contributed by atoms with Crippen LogP contribution < -0.4 is 11.1 Å². The first-order valence-electron chi connectivity index (χ1n) is 6.54. The van der Waals surface area contributed by atoms with E-state index in [9.17, 15) is 4.79 Å². The van der Waals surface area contributed by atoms with E-state index in [-0.39, 0.29) is 5.91 Å². The van der Waals surface area contributed by atoms with Crippen molar-refractivity contribution in [3.63, 3.8) is 0 Å². The number of hydrogen-bond donors (Lipinski definition) is 2. The van der Waals surface area contributed by atoms with Crippen molar-refractivity contribution < 1.29 is 4.79 Å². The quantitative estimate of drug-likeness (QED) is 0.882. The second-order valence-corrected chi connectivity index (χ2v) is 5.16. The van der Waals surface area contributed by atoms with Gasteiger partial charge in [-0.2, -0.15) is 5.10 Å². The molecule has 106 valence electrons. The Hall–Kier alpha value is -2.14. The fourth-order valence-electron chi connectivity index (χ4n) is 2.19. The van der Waals surface area contributed by atoms with Gasteiger partial charge in [-0.3, -0.25) is 9.48 Å². The molecule has 3 N–H and O–H groups in total. The Kier molecular flexibility index (Phi) is 3.90. The normalized spacial score (nSPS) is 13.8. The number of carbonyl (C=O) groups is 1. The topological polar surface area (TPSA) is 72.9 Å². The third-order valence-electron chi connectivity index (χ3n) is 3.47. The SMILES string of the molecule is Cc1nn(C)cc1C(=O)NC(C)(CN)c1ccccc1. The minimum absolute atomic E-state index is 0.160. The minimum Gasteiger partial charge on any atom is -0.341 e. The van der Waals surface area contributed by atoms with Crippen LogP contribution in [0.15, 0.2) is 36.5 Å². The number of amides is 1. The van der Waals surface area contributed by atoms with Gasteiger partial charge in [0.15, 0.2) is 0 Å². The predicted octanol–water partition coefficient (Wildman–Crippen LogP) is 1.33. The number of hydrogen-bond acceptors (Lipinski definition) is 3. The van der Waals surface area contributed by atoms with Crippen LogP contribution in [0.4, 0.5) is 0 Å². The highest BCUT2D eigenvalue weighted by molar-refractivity contribution is 5.95. The summed E-state index contributed by atoms with van der Waals surface area (Å²) in [6, 6.07) is 9.73. The second kappa shape index (κ2) is 5.46. The summed E-state index contributed by atoms with van der Waals surface area (Å²) in [5, 5.41) is 7.20. The third-order valence-corrected chi connectivity index (χ3v) is 3.47. The fraction of sp³-hybridized carbons (Fsp3) is 0.333. The van der Waals surface area contributed by atoms with Crippen LogP contribution in [-0.2, 0) is 12.6 Å². The molecule has 1 atom stereocenters. The molecule has 0 aliphatic carbocycles. The van der Waals surface area contributed by atoms with Gasteiger partial charge < -0.3 is 11.1 Å². The van der Waals surface area contributed by atoms with Gasteiger partial charge in [0, 0.05) is 19.8 Å². The van der Waals surface area contributed by atoms with Gasteiger partial charge in [-0.1, -0.05) is 30.3 Å². The Morgan fingerprint density at radius 1 is 1.40 bits per heavy atom. The standard InChI is InChI=1S/C15H20N4O/c1-11-13(9-19(3)18-11)14(20)17-15(2,10-16)12-7-5-4-6-8-12/h4-9H,10,16H2,1-3H3,(H,17,20). The van der Waals surface area contributed by atoms with E-state index in [0.29, 0.717) is 17.8 Å². The zero-order valence-electron chi connectivity index (χ0n) is 12.1. The molecule has 5 nitrogen and oxygen atoms in total. The van der Waals surface area contributed by atoms with Gasteiger partial charge in [0.1, 0.15) is 0 Å². The average Bonchev–Trinajstić information content (AvgIpc) is 2.78. The number of benzene rings is 1. The van der Waals surface area contributed by atoms with Gasteiger partial charge in [0.05, 0.1) is 16.8 Å². The van der Waals surface area contributed by atoms with Crippen molar-refractivity contribution in [2.45, 2.75) is 19.4 Å². The van der Waals surface area contributed by atoms with E-state index in [2.05, 4.69) is 10.4 Å². The maximum absolute atomic E-state index is 12.4. The van der Waals surface area contributed by atoms with Gasteiger partial charge in [-0.05, 0) is 19.4 Å². The third kappa shape index (κ3) is 2.72. The highest BCUT2D eigenvalue weighted by atomic mass is 16.1. The molecule has 0 radical (unpaired) electrons. The minimum atomic E-state index is -0.597. The molecule has 1 aromatic carbocycles. The van der Waals surface area contributed by atoms with Crippen LogP contribution in [0.25, 0.3) is 0 Å². The number of aromatic nitrogens is 2. The van der Waals surface area contributed by atoms with Crippen molar-refractivity contribution in [2.75, 3.05) is 6.54 Å². The first-order valence-corrected chi connectivity index (χ1v) is 6.54. The molecule has 0 spiro atoms.